The molecule has 0 fully saturated rings. The van der Waals surface area contributed by atoms with Gasteiger partial charge in [-0.2, -0.15) is 0 Å². The summed E-state index contributed by atoms with van der Waals surface area (Å²) in [6.45, 7) is 2.59. The number of hydrogen-bond acceptors (Lipinski definition) is 3. The van der Waals surface area contributed by atoms with E-state index in [0.29, 0.717) is 39.3 Å². The van der Waals surface area contributed by atoms with Crippen LogP contribution in [-0.2, 0) is 0 Å². The molecule has 3 aromatic rings. The van der Waals surface area contributed by atoms with E-state index in [-0.39, 0.29) is 11.8 Å². The van der Waals surface area contributed by atoms with Crippen LogP contribution in [0, 0.1) is 5.82 Å². The molecule has 124 valence electrons. The molecule has 2 N–H and O–H groups in total. The maximum Gasteiger partial charge on any atom is 0.319 e. The van der Waals surface area contributed by atoms with E-state index in [9.17, 15) is 9.18 Å². The van der Waals surface area contributed by atoms with Crippen molar-refractivity contribution in [2.24, 2.45) is 0 Å². The SMILES string of the molecule is CCCNC(=O)Nc1ccc2oc(-c3cc(F)ccc3Br)nc2c1. The minimum atomic E-state index is -0.370. The zero-order chi connectivity index (χ0) is 17.1. The number of amides is 2. The smallest absolute Gasteiger partial charge is 0.319 e. The molecule has 0 aliphatic rings. The fourth-order valence-electron chi connectivity index (χ4n) is 2.20. The van der Waals surface area contributed by atoms with Crippen molar-refractivity contribution in [1.82, 2.24) is 10.3 Å². The Morgan fingerprint density at radius 3 is 2.92 bits per heavy atom. The number of carbonyl (C=O) groups excluding carboxylic acids is 1. The predicted octanol–water partition coefficient (Wildman–Crippen LogP) is 4.93. The van der Waals surface area contributed by atoms with Gasteiger partial charge in [0, 0.05) is 16.7 Å². The summed E-state index contributed by atoms with van der Waals surface area (Å²) in [5.74, 6) is -0.0608. The summed E-state index contributed by atoms with van der Waals surface area (Å²) in [7, 11) is 0. The molecule has 7 heteroatoms. The highest BCUT2D eigenvalue weighted by atomic mass is 79.9. The van der Waals surface area contributed by atoms with Gasteiger partial charge in [0.25, 0.3) is 0 Å². The molecule has 0 aliphatic carbocycles. The minimum absolute atomic E-state index is 0.271. The highest BCUT2D eigenvalue weighted by Gasteiger charge is 2.13. The van der Waals surface area contributed by atoms with Crippen molar-refractivity contribution < 1.29 is 13.6 Å². The largest absolute Gasteiger partial charge is 0.436 e. The molecular formula is C17H15BrFN3O2. The first-order chi connectivity index (χ1) is 11.6. The Kier molecular flexibility index (Phi) is 4.80. The van der Waals surface area contributed by atoms with Crippen LogP contribution in [-0.4, -0.2) is 17.6 Å². The fourth-order valence-corrected chi connectivity index (χ4v) is 2.61. The quantitative estimate of drug-likeness (QED) is 0.662. The van der Waals surface area contributed by atoms with Gasteiger partial charge in [-0.05, 0) is 58.7 Å². The number of urea groups is 1. The maximum atomic E-state index is 13.5. The normalized spacial score (nSPS) is 10.8. The van der Waals surface area contributed by atoms with Gasteiger partial charge >= 0.3 is 6.03 Å². The Hall–Kier alpha value is -2.41. The number of aromatic nitrogens is 1. The summed E-state index contributed by atoms with van der Waals surface area (Å²) in [6, 6.07) is 9.19. The summed E-state index contributed by atoms with van der Waals surface area (Å²) in [4.78, 5) is 16.1. The van der Waals surface area contributed by atoms with Gasteiger partial charge in [-0.25, -0.2) is 14.2 Å². The molecule has 0 radical (unpaired) electrons. The van der Waals surface area contributed by atoms with E-state index in [4.69, 9.17) is 4.42 Å². The molecule has 0 spiro atoms. The van der Waals surface area contributed by atoms with Crippen molar-refractivity contribution in [3.8, 4) is 11.5 Å². The predicted molar refractivity (Wildman–Crippen MR) is 94.4 cm³/mol. The molecule has 3 rings (SSSR count). The Balaban J connectivity index is 1.89. The monoisotopic (exact) mass is 391 g/mol. The number of nitrogens with zero attached hydrogens (tertiary/aromatic N) is 1. The summed E-state index contributed by atoms with van der Waals surface area (Å²) >= 11 is 3.36. The molecule has 0 saturated heterocycles. The second-order valence-corrected chi connectivity index (χ2v) is 6.06. The third-order valence-corrected chi connectivity index (χ3v) is 4.03. The van der Waals surface area contributed by atoms with Gasteiger partial charge in [-0.1, -0.05) is 6.92 Å². The number of carbonyl (C=O) groups is 1. The van der Waals surface area contributed by atoms with Crippen molar-refractivity contribution in [2.45, 2.75) is 13.3 Å². The second kappa shape index (κ2) is 7.00. The topological polar surface area (TPSA) is 67.2 Å². The van der Waals surface area contributed by atoms with E-state index in [2.05, 4.69) is 31.5 Å². The van der Waals surface area contributed by atoms with E-state index in [1.807, 2.05) is 6.92 Å². The third-order valence-electron chi connectivity index (χ3n) is 3.34. The van der Waals surface area contributed by atoms with E-state index in [1.54, 1.807) is 24.3 Å². The molecule has 0 saturated carbocycles. The average Bonchev–Trinajstić information content (AvgIpc) is 2.98. The average molecular weight is 392 g/mol. The van der Waals surface area contributed by atoms with Crippen molar-refractivity contribution in [1.29, 1.82) is 0 Å². The first-order valence-electron chi connectivity index (χ1n) is 7.47. The summed E-state index contributed by atoms with van der Waals surface area (Å²) in [5, 5.41) is 5.47. The van der Waals surface area contributed by atoms with Crippen molar-refractivity contribution in [3.63, 3.8) is 0 Å². The van der Waals surface area contributed by atoms with Crippen molar-refractivity contribution in [2.75, 3.05) is 11.9 Å². The minimum Gasteiger partial charge on any atom is -0.436 e. The van der Waals surface area contributed by atoms with Gasteiger partial charge in [0.05, 0.1) is 5.56 Å². The number of nitrogens with one attached hydrogen (secondary N) is 2. The molecule has 24 heavy (non-hydrogen) atoms. The van der Waals surface area contributed by atoms with Gasteiger partial charge in [0.1, 0.15) is 11.3 Å². The van der Waals surface area contributed by atoms with Crippen LogP contribution in [0.25, 0.3) is 22.6 Å². The number of hydrogen-bond donors (Lipinski definition) is 2. The zero-order valence-electron chi connectivity index (χ0n) is 12.9. The van der Waals surface area contributed by atoms with Crippen LogP contribution in [0.4, 0.5) is 14.9 Å². The molecule has 2 aromatic carbocycles. The Labute approximate surface area is 146 Å². The van der Waals surface area contributed by atoms with Gasteiger partial charge in [-0.3, -0.25) is 0 Å². The van der Waals surface area contributed by atoms with Gasteiger partial charge in [0.2, 0.25) is 5.89 Å². The number of benzene rings is 2. The lowest BCUT2D eigenvalue weighted by molar-refractivity contribution is 0.252. The van der Waals surface area contributed by atoms with Crippen LogP contribution in [0.2, 0.25) is 0 Å². The highest BCUT2D eigenvalue weighted by molar-refractivity contribution is 9.10. The Bertz CT molecular complexity index is 895. The molecule has 5 nitrogen and oxygen atoms in total. The van der Waals surface area contributed by atoms with Crippen molar-refractivity contribution in [3.05, 3.63) is 46.7 Å². The molecule has 0 unspecified atom stereocenters. The number of anilines is 1. The van der Waals surface area contributed by atoms with E-state index in [0.717, 1.165) is 6.42 Å². The maximum absolute atomic E-state index is 13.5. The molecule has 1 aromatic heterocycles. The lowest BCUT2D eigenvalue weighted by Crippen LogP contribution is -2.29. The van der Waals surface area contributed by atoms with Crippen LogP contribution in [0.5, 0.6) is 0 Å². The third kappa shape index (κ3) is 3.56. The fraction of sp³-hybridized carbons (Fsp3) is 0.176. The highest BCUT2D eigenvalue weighted by Crippen LogP contribution is 2.31. The Morgan fingerprint density at radius 2 is 2.12 bits per heavy atom. The van der Waals surface area contributed by atoms with E-state index in [1.165, 1.54) is 12.1 Å². The molecule has 1 heterocycles. The van der Waals surface area contributed by atoms with Crippen LogP contribution in [0.3, 0.4) is 0 Å². The molecule has 0 aliphatic heterocycles. The standard InChI is InChI=1S/C17H15BrFN3O2/c1-2-7-20-17(23)21-11-4-6-15-14(9-11)22-16(24-15)12-8-10(19)3-5-13(12)18/h3-6,8-9H,2,7H2,1H3,(H2,20,21,23). The number of halogens is 2. The second-order valence-electron chi connectivity index (χ2n) is 5.21. The summed E-state index contributed by atoms with van der Waals surface area (Å²) in [6.07, 6.45) is 0.863. The lowest BCUT2D eigenvalue weighted by Gasteiger charge is -2.05. The molecular weight excluding hydrogens is 377 g/mol. The lowest BCUT2D eigenvalue weighted by atomic mass is 10.2. The molecule has 2 amide bonds. The van der Waals surface area contributed by atoms with E-state index < -0.39 is 0 Å². The van der Waals surface area contributed by atoms with Crippen LogP contribution in [0.1, 0.15) is 13.3 Å². The zero-order valence-corrected chi connectivity index (χ0v) is 14.5. The van der Waals surface area contributed by atoms with Crippen LogP contribution >= 0.6 is 15.9 Å². The number of fused-ring (bicyclic) bond motifs is 1. The molecule has 0 atom stereocenters. The van der Waals surface area contributed by atoms with Gasteiger partial charge in [-0.15, -0.1) is 0 Å². The van der Waals surface area contributed by atoms with Crippen molar-refractivity contribution >= 4 is 38.7 Å². The van der Waals surface area contributed by atoms with E-state index >= 15 is 0 Å². The number of rotatable bonds is 4. The van der Waals surface area contributed by atoms with Gasteiger partial charge < -0.3 is 15.1 Å². The summed E-state index contributed by atoms with van der Waals surface area (Å²) < 4.78 is 19.8. The van der Waals surface area contributed by atoms with Crippen LogP contribution in [0.15, 0.2) is 45.3 Å². The first-order valence-corrected chi connectivity index (χ1v) is 8.27. The Morgan fingerprint density at radius 1 is 1.29 bits per heavy atom. The van der Waals surface area contributed by atoms with Gasteiger partial charge in [0.15, 0.2) is 5.58 Å². The summed E-state index contributed by atoms with van der Waals surface area (Å²) in [5.41, 5.74) is 2.27. The molecule has 0 bridgehead atoms. The van der Waals surface area contributed by atoms with Crippen LogP contribution < -0.4 is 10.6 Å². The first kappa shape index (κ1) is 16.4. The number of oxazole rings is 1.